The number of aromatic nitrogens is 4. The van der Waals surface area contributed by atoms with Crippen molar-refractivity contribution in [3.8, 4) is 5.75 Å². The summed E-state index contributed by atoms with van der Waals surface area (Å²) in [5.74, 6) is 2.46. The maximum atomic E-state index is 10.4. The summed E-state index contributed by atoms with van der Waals surface area (Å²) in [6, 6.07) is 8.16. The molecule has 0 spiro atoms. The van der Waals surface area contributed by atoms with E-state index < -0.39 is 6.10 Å². The molecule has 0 amide bonds. The Morgan fingerprint density at radius 3 is 2.48 bits per heavy atom. The molecule has 3 heterocycles. The van der Waals surface area contributed by atoms with E-state index >= 15 is 0 Å². The minimum atomic E-state index is -0.521. The Balaban J connectivity index is 1.30. The quantitative estimate of drug-likeness (QED) is 0.678. The zero-order valence-electron chi connectivity index (χ0n) is 17.2. The molecule has 29 heavy (non-hydrogen) atoms. The SMILES string of the molecule is Cc1cc(C)cc(OCC(O)CN2CCN(c3cc(C)nc4ncnn34)CC2)c1. The van der Waals surface area contributed by atoms with Crippen molar-refractivity contribution in [2.75, 3.05) is 44.2 Å². The largest absolute Gasteiger partial charge is 0.491 e. The number of β-amino-alcohol motifs (C(OH)–C–C–N with tert-alkyl or cyclic N) is 1. The van der Waals surface area contributed by atoms with Gasteiger partial charge in [-0.3, -0.25) is 4.90 Å². The molecule has 8 heteroatoms. The second-order valence-electron chi connectivity index (χ2n) is 7.80. The number of hydrogen-bond acceptors (Lipinski definition) is 7. The average molecular weight is 396 g/mol. The summed E-state index contributed by atoms with van der Waals surface area (Å²) in [6.45, 7) is 10.4. The van der Waals surface area contributed by atoms with Gasteiger partial charge in [0.1, 0.15) is 30.6 Å². The maximum Gasteiger partial charge on any atom is 0.254 e. The van der Waals surface area contributed by atoms with Crippen molar-refractivity contribution in [3.63, 3.8) is 0 Å². The molecule has 0 aliphatic carbocycles. The molecule has 1 aliphatic heterocycles. The van der Waals surface area contributed by atoms with Gasteiger partial charge in [0.25, 0.3) is 5.78 Å². The van der Waals surface area contributed by atoms with E-state index in [1.807, 2.05) is 39.0 Å². The summed E-state index contributed by atoms with van der Waals surface area (Å²) in [5, 5.41) is 14.7. The lowest BCUT2D eigenvalue weighted by Crippen LogP contribution is -2.49. The number of piperazine rings is 1. The zero-order chi connectivity index (χ0) is 20.4. The summed E-state index contributed by atoms with van der Waals surface area (Å²) in [6.07, 6.45) is 1.01. The van der Waals surface area contributed by atoms with Crippen molar-refractivity contribution in [2.45, 2.75) is 26.9 Å². The van der Waals surface area contributed by atoms with Crippen LogP contribution in [0.4, 0.5) is 5.82 Å². The molecule has 1 unspecified atom stereocenters. The summed E-state index contributed by atoms with van der Waals surface area (Å²) in [5.41, 5.74) is 3.26. The summed E-state index contributed by atoms with van der Waals surface area (Å²) >= 11 is 0. The van der Waals surface area contributed by atoms with Gasteiger partial charge in [0.05, 0.1) is 0 Å². The third kappa shape index (κ3) is 4.65. The molecule has 0 radical (unpaired) electrons. The van der Waals surface area contributed by atoms with Crippen molar-refractivity contribution in [2.24, 2.45) is 0 Å². The second-order valence-corrected chi connectivity index (χ2v) is 7.80. The number of nitrogens with zero attached hydrogens (tertiary/aromatic N) is 6. The van der Waals surface area contributed by atoms with E-state index in [0.717, 1.165) is 43.4 Å². The predicted octanol–water partition coefficient (Wildman–Crippen LogP) is 1.61. The highest BCUT2D eigenvalue weighted by Crippen LogP contribution is 2.19. The van der Waals surface area contributed by atoms with Crippen LogP contribution in [0.5, 0.6) is 5.75 Å². The molecule has 4 rings (SSSR count). The van der Waals surface area contributed by atoms with Gasteiger partial charge in [0.15, 0.2) is 0 Å². The van der Waals surface area contributed by atoms with Gasteiger partial charge < -0.3 is 14.7 Å². The van der Waals surface area contributed by atoms with Gasteiger partial charge in [-0.15, -0.1) is 0 Å². The number of aliphatic hydroxyl groups excluding tert-OH is 1. The Morgan fingerprint density at radius 1 is 1.03 bits per heavy atom. The average Bonchev–Trinajstić information content (AvgIpc) is 3.14. The molecular weight excluding hydrogens is 368 g/mol. The molecule has 1 atom stereocenters. The van der Waals surface area contributed by atoms with Gasteiger partial charge in [0.2, 0.25) is 0 Å². The van der Waals surface area contributed by atoms with Crippen molar-refractivity contribution < 1.29 is 9.84 Å². The lowest BCUT2D eigenvalue weighted by molar-refractivity contribution is 0.0662. The van der Waals surface area contributed by atoms with Gasteiger partial charge in [0, 0.05) is 44.5 Å². The van der Waals surface area contributed by atoms with Crippen LogP contribution >= 0.6 is 0 Å². The van der Waals surface area contributed by atoms with Gasteiger partial charge in [-0.25, -0.2) is 4.98 Å². The van der Waals surface area contributed by atoms with Crippen LogP contribution in [-0.4, -0.2) is 75.0 Å². The van der Waals surface area contributed by atoms with Crippen LogP contribution in [0.15, 0.2) is 30.6 Å². The number of aryl methyl sites for hydroxylation is 3. The third-order valence-corrected chi connectivity index (χ3v) is 5.16. The van der Waals surface area contributed by atoms with Crippen LogP contribution < -0.4 is 9.64 Å². The highest BCUT2D eigenvalue weighted by molar-refractivity contribution is 5.47. The van der Waals surface area contributed by atoms with E-state index in [4.69, 9.17) is 4.74 Å². The van der Waals surface area contributed by atoms with Crippen LogP contribution in [0, 0.1) is 20.8 Å². The molecule has 1 fully saturated rings. The van der Waals surface area contributed by atoms with E-state index in [0.29, 0.717) is 18.9 Å². The topological polar surface area (TPSA) is 79.0 Å². The van der Waals surface area contributed by atoms with Gasteiger partial charge in [-0.05, 0) is 44.0 Å². The Labute approximate surface area is 170 Å². The lowest BCUT2D eigenvalue weighted by atomic mass is 10.1. The Morgan fingerprint density at radius 2 is 1.76 bits per heavy atom. The number of ether oxygens (including phenoxy) is 1. The van der Waals surface area contributed by atoms with Crippen LogP contribution in [0.25, 0.3) is 5.78 Å². The zero-order valence-corrected chi connectivity index (χ0v) is 17.2. The molecule has 1 aliphatic rings. The molecule has 8 nitrogen and oxygen atoms in total. The van der Waals surface area contributed by atoms with E-state index in [9.17, 15) is 5.11 Å². The van der Waals surface area contributed by atoms with Crippen LogP contribution in [0.2, 0.25) is 0 Å². The molecule has 1 aromatic carbocycles. The number of anilines is 1. The smallest absolute Gasteiger partial charge is 0.254 e. The monoisotopic (exact) mass is 396 g/mol. The molecule has 3 aromatic rings. The summed E-state index contributed by atoms with van der Waals surface area (Å²) in [4.78, 5) is 13.2. The fraction of sp³-hybridized carbons (Fsp3) is 0.476. The van der Waals surface area contributed by atoms with Crippen LogP contribution in [-0.2, 0) is 0 Å². The number of benzene rings is 1. The minimum Gasteiger partial charge on any atom is -0.491 e. The Kier molecular flexibility index (Phi) is 5.64. The maximum absolute atomic E-state index is 10.4. The van der Waals surface area contributed by atoms with Crippen molar-refractivity contribution in [1.29, 1.82) is 0 Å². The first-order chi connectivity index (χ1) is 14.0. The van der Waals surface area contributed by atoms with Crippen molar-refractivity contribution >= 4 is 11.6 Å². The molecule has 0 saturated carbocycles. The van der Waals surface area contributed by atoms with Gasteiger partial charge >= 0.3 is 0 Å². The first-order valence-electron chi connectivity index (χ1n) is 10.0. The minimum absolute atomic E-state index is 0.298. The van der Waals surface area contributed by atoms with E-state index in [1.54, 1.807) is 4.52 Å². The fourth-order valence-corrected chi connectivity index (χ4v) is 3.86. The predicted molar refractivity (Wildman–Crippen MR) is 112 cm³/mol. The van der Waals surface area contributed by atoms with Crippen LogP contribution in [0.1, 0.15) is 16.8 Å². The molecule has 0 bridgehead atoms. The van der Waals surface area contributed by atoms with Gasteiger partial charge in [-0.2, -0.15) is 14.6 Å². The van der Waals surface area contributed by atoms with Crippen molar-refractivity contribution in [3.05, 3.63) is 47.4 Å². The molecular formula is C21H28N6O2. The standard InChI is InChI=1S/C21H28N6O2/c1-15-8-16(2)10-19(9-15)29-13-18(28)12-25-4-6-26(7-5-25)20-11-17(3)24-21-22-14-23-27(20)21/h8-11,14,18,28H,4-7,12-13H2,1-3H3. The normalized spacial score (nSPS) is 16.3. The van der Waals surface area contributed by atoms with E-state index in [-0.39, 0.29) is 0 Å². The summed E-state index contributed by atoms with van der Waals surface area (Å²) < 4.78 is 7.59. The first-order valence-corrected chi connectivity index (χ1v) is 10.0. The number of aliphatic hydroxyl groups is 1. The van der Waals surface area contributed by atoms with Crippen LogP contribution in [0.3, 0.4) is 0 Å². The molecule has 154 valence electrons. The van der Waals surface area contributed by atoms with Crippen molar-refractivity contribution in [1.82, 2.24) is 24.5 Å². The fourth-order valence-electron chi connectivity index (χ4n) is 3.86. The molecule has 2 aromatic heterocycles. The number of rotatable bonds is 6. The lowest BCUT2D eigenvalue weighted by Gasteiger charge is -2.36. The Bertz CT molecular complexity index is 960. The molecule has 1 saturated heterocycles. The highest BCUT2D eigenvalue weighted by atomic mass is 16.5. The molecule has 1 N–H and O–H groups in total. The third-order valence-electron chi connectivity index (χ3n) is 5.16. The number of fused-ring (bicyclic) bond motifs is 1. The summed E-state index contributed by atoms with van der Waals surface area (Å²) in [7, 11) is 0. The first kappa shape index (κ1) is 19.6. The van der Waals surface area contributed by atoms with E-state index in [1.165, 1.54) is 17.5 Å². The number of hydrogen-bond donors (Lipinski definition) is 1. The highest BCUT2D eigenvalue weighted by Gasteiger charge is 2.22. The Hall–Kier alpha value is -2.71. The van der Waals surface area contributed by atoms with Gasteiger partial charge in [-0.1, -0.05) is 6.07 Å². The van der Waals surface area contributed by atoms with E-state index in [2.05, 4.69) is 30.9 Å². The second kappa shape index (κ2) is 8.34.